The van der Waals surface area contributed by atoms with Gasteiger partial charge in [-0.3, -0.25) is 14.9 Å². The van der Waals surface area contributed by atoms with Gasteiger partial charge in [-0.05, 0) is 24.6 Å². The summed E-state index contributed by atoms with van der Waals surface area (Å²) in [5, 5.41) is 14.6. The highest BCUT2D eigenvalue weighted by atomic mass is 16.6. The van der Waals surface area contributed by atoms with Gasteiger partial charge in [-0.2, -0.15) is 5.10 Å². The largest absolute Gasteiger partial charge is 0.271 e. The summed E-state index contributed by atoms with van der Waals surface area (Å²) in [6, 6.07) is 15.2. The molecule has 0 radical (unpaired) electrons. The highest BCUT2D eigenvalue weighted by molar-refractivity contribution is 5.95. The van der Waals surface area contributed by atoms with Gasteiger partial charge in [0.1, 0.15) is 0 Å². The van der Waals surface area contributed by atoms with Gasteiger partial charge in [0, 0.05) is 29.8 Å². The quantitative estimate of drug-likeness (QED) is 0.523. The first kappa shape index (κ1) is 15.4. The van der Waals surface area contributed by atoms with Crippen LogP contribution in [0.15, 0.2) is 59.7 Å². The van der Waals surface area contributed by atoms with Gasteiger partial charge in [-0.15, -0.1) is 0 Å². The zero-order valence-corrected chi connectivity index (χ0v) is 12.0. The molecule has 0 spiro atoms. The van der Waals surface area contributed by atoms with E-state index in [0.29, 0.717) is 12.0 Å². The Morgan fingerprint density at radius 3 is 2.36 bits per heavy atom. The molecular weight excluding hydrogens is 282 g/mol. The van der Waals surface area contributed by atoms with E-state index in [1.807, 2.05) is 37.3 Å². The van der Waals surface area contributed by atoms with Gasteiger partial charge in [0.05, 0.1) is 4.92 Å². The number of carbonyl (C=O) groups is 1. The van der Waals surface area contributed by atoms with Gasteiger partial charge in [0.15, 0.2) is 0 Å². The van der Waals surface area contributed by atoms with Crippen LogP contribution >= 0.6 is 0 Å². The van der Waals surface area contributed by atoms with Gasteiger partial charge in [0.25, 0.3) is 11.6 Å². The average Bonchev–Trinajstić information content (AvgIpc) is 2.53. The van der Waals surface area contributed by atoms with Crippen LogP contribution in [0.25, 0.3) is 0 Å². The molecular formula is C16H15N3O3. The zero-order chi connectivity index (χ0) is 15.9. The number of nitro benzene ring substituents is 1. The molecule has 6 heteroatoms. The minimum absolute atomic E-state index is 0.0553. The van der Waals surface area contributed by atoms with Crippen molar-refractivity contribution in [2.75, 3.05) is 0 Å². The van der Waals surface area contributed by atoms with Gasteiger partial charge < -0.3 is 0 Å². The van der Waals surface area contributed by atoms with Gasteiger partial charge in [0.2, 0.25) is 0 Å². The summed E-state index contributed by atoms with van der Waals surface area (Å²) in [4.78, 5) is 21.9. The topological polar surface area (TPSA) is 84.6 Å². The molecule has 0 fully saturated rings. The lowest BCUT2D eigenvalue weighted by Crippen LogP contribution is -2.19. The lowest BCUT2D eigenvalue weighted by atomic mass is 10.1. The van der Waals surface area contributed by atoms with E-state index in [4.69, 9.17) is 0 Å². The third kappa shape index (κ3) is 4.24. The summed E-state index contributed by atoms with van der Waals surface area (Å²) in [5.74, 6) is -0.401. The summed E-state index contributed by atoms with van der Waals surface area (Å²) < 4.78 is 0. The van der Waals surface area contributed by atoms with Crippen LogP contribution in [-0.4, -0.2) is 16.5 Å². The number of hydrogen-bond acceptors (Lipinski definition) is 4. The zero-order valence-electron chi connectivity index (χ0n) is 12.0. The minimum Gasteiger partial charge on any atom is -0.267 e. The molecule has 1 N–H and O–H groups in total. The third-order valence-electron chi connectivity index (χ3n) is 2.99. The molecule has 0 aliphatic heterocycles. The Balaban J connectivity index is 1.96. The van der Waals surface area contributed by atoms with Crippen molar-refractivity contribution in [1.29, 1.82) is 0 Å². The van der Waals surface area contributed by atoms with Crippen LogP contribution in [0.1, 0.15) is 22.8 Å². The molecule has 0 unspecified atom stereocenters. The number of nitro groups is 1. The molecule has 2 rings (SSSR count). The molecule has 1 amide bonds. The van der Waals surface area contributed by atoms with Crippen molar-refractivity contribution in [2.45, 2.75) is 13.3 Å². The normalized spacial score (nSPS) is 11.0. The third-order valence-corrected chi connectivity index (χ3v) is 2.99. The van der Waals surface area contributed by atoms with Crippen LogP contribution in [0.3, 0.4) is 0 Å². The van der Waals surface area contributed by atoms with E-state index in [9.17, 15) is 14.9 Å². The Morgan fingerprint density at radius 2 is 1.77 bits per heavy atom. The highest BCUT2D eigenvalue weighted by Gasteiger charge is 2.08. The number of nitrogens with zero attached hydrogens (tertiary/aromatic N) is 2. The Kier molecular flexibility index (Phi) is 4.98. The monoisotopic (exact) mass is 297 g/mol. The first-order valence-electron chi connectivity index (χ1n) is 6.68. The van der Waals surface area contributed by atoms with Crippen molar-refractivity contribution in [3.05, 3.63) is 75.8 Å². The van der Waals surface area contributed by atoms with Gasteiger partial charge in [-0.25, -0.2) is 5.43 Å². The average molecular weight is 297 g/mol. The number of hydrazone groups is 1. The molecule has 0 saturated heterocycles. The fraction of sp³-hybridized carbons (Fsp3) is 0.125. The smallest absolute Gasteiger partial charge is 0.267 e. The van der Waals surface area contributed by atoms with Crippen LogP contribution in [0.2, 0.25) is 0 Å². The second-order valence-electron chi connectivity index (χ2n) is 4.75. The number of nitrogens with one attached hydrogen (secondary N) is 1. The van der Waals surface area contributed by atoms with Crippen molar-refractivity contribution >= 4 is 17.3 Å². The molecule has 0 heterocycles. The molecule has 0 saturated carbocycles. The van der Waals surface area contributed by atoms with E-state index in [-0.39, 0.29) is 5.69 Å². The summed E-state index contributed by atoms with van der Waals surface area (Å²) in [5.41, 5.74) is 4.58. The second kappa shape index (κ2) is 7.12. The van der Waals surface area contributed by atoms with Crippen LogP contribution in [0.5, 0.6) is 0 Å². The van der Waals surface area contributed by atoms with Crippen molar-refractivity contribution in [3.63, 3.8) is 0 Å². The van der Waals surface area contributed by atoms with Gasteiger partial charge in [-0.1, -0.05) is 30.3 Å². The van der Waals surface area contributed by atoms with Crippen molar-refractivity contribution in [2.24, 2.45) is 5.10 Å². The lowest BCUT2D eigenvalue weighted by Gasteiger charge is -2.03. The molecule has 22 heavy (non-hydrogen) atoms. The Hall–Kier alpha value is -3.02. The fourth-order valence-corrected chi connectivity index (χ4v) is 1.88. The minimum atomic E-state index is -0.510. The highest BCUT2D eigenvalue weighted by Crippen LogP contribution is 2.11. The predicted octanol–water partition coefficient (Wildman–Crippen LogP) is 2.94. The van der Waals surface area contributed by atoms with Crippen molar-refractivity contribution in [3.8, 4) is 0 Å². The Morgan fingerprint density at radius 1 is 1.14 bits per heavy atom. The van der Waals surface area contributed by atoms with E-state index < -0.39 is 10.8 Å². The maximum atomic E-state index is 11.9. The number of hydrogen-bond donors (Lipinski definition) is 1. The van der Waals surface area contributed by atoms with Crippen LogP contribution in [-0.2, 0) is 6.42 Å². The Labute approximate surface area is 127 Å². The molecule has 0 atom stereocenters. The standard InChI is InChI=1S/C16H15N3O3/c1-12(11-13-5-3-2-4-6-13)17-18-16(20)14-7-9-15(10-8-14)19(21)22/h2-10H,11H2,1H3,(H,18,20). The van der Waals surface area contributed by atoms with E-state index in [1.165, 1.54) is 24.3 Å². The second-order valence-corrected chi connectivity index (χ2v) is 4.75. The van der Waals surface area contributed by atoms with E-state index >= 15 is 0 Å². The number of rotatable bonds is 5. The van der Waals surface area contributed by atoms with Crippen LogP contribution < -0.4 is 5.43 Å². The lowest BCUT2D eigenvalue weighted by molar-refractivity contribution is -0.384. The van der Waals surface area contributed by atoms with E-state index in [2.05, 4.69) is 10.5 Å². The van der Waals surface area contributed by atoms with Crippen molar-refractivity contribution in [1.82, 2.24) is 5.43 Å². The molecule has 2 aromatic carbocycles. The first-order valence-corrected chi connectivity index (χ1v) is 6.68. The van der Waals surface area contributed by atoms with Crippen molar-refractivity contribution < 1.29 is 9.72 Å². The molecule has 6 nitrogen and oxygen atoms in total. The summed E-state index contributed by atoms with van der Waals surface area (Å²) in [6.45, 7) is 1.82. The molecule has 0 aromatic heterocycles. The summed E-state index contributed by atoms with van der Waals surface area (Å²) >= 11 is 0. The number of carbonyl (C=O) groups excluding carboxylic acids is 1. The predicted molar refractivity (Wildman–Crippen MR) is 83.8 cm³/mol. The summed E-state index contributed by atoms with van der Waals surface area (Å²) in [6.07, 6.45) is 0.640. The number of non-ortho nitro benzene ring substituents is 1. The molecule has 0 bridgehead atoms. The van der Waals surface area contributed by atoms with E-state index in [1.54, 1.807) is 0 Å². The Bertz CT molecular complexity index is 694. The maximum absolute atomic E-state index is 11.9. The molecule has 0 aliphatic carbocycles. The molecule has 0 aliphatic rings. The van der Waals surface area contributed by atoms with E-state index in [0.717, 1.165) is 11.3 Å². The molecule has 112 valence electrons. The molecule has 2 aromatic rings. The maximum Gasteiger partial charge on any atom is 0.271 e. The fourth-order valence-electron chi connectivity index (χ4n) is 1.88. The number of amides is 1. The SMILES string of the molecule is CC(Cc1ccccc1)=NNC(=O)c1ccc([N+](=O)[O-])cc1. The van der Waals surface area contributed by atoms with Crippen LogP contribution in [0.4, 0.5) is 5.69 Å². The van der Waals surface area contributed by atoms with Crippen LogP contribution in [0, 0.1) is 10.1 Å². The summed E-state index contributed by atoms with van der Waals surface area (Å²) in [7, 11) is 0. The first-order chi connectivity index (χ1) is 10.6. The number of benzene rings is 2. The van der Waals surface area contributed by atoms with Gasteiger partial charge >= 0.3 is 0 Å².